The third kappa shape index (κ3) is 5.73. The molecule has 0 aliphatic heterocycles. The van der Waals surface area contributed by atoms with Gasteiger partial charge in [-0.25, -0.2) is 4.79 Å². The van der Waals surface area contributed by atoms with Crippen molar-refractivity contribution in [2.24, 2.45) is 0 Å². The molecule has 0 unspecified atom stereocenters. The van der Waals surface area contributed by atoms with E-state index in [1.54, 1.807) is 31.2 Å². The number of esters is 2. The van der Waals surface area contributed by atoms with Crippen LogP contribution in [0, 0.1) is 0 Å². The highest BCUT2D eigenvalue weighted by molar-refractivity contribution is 5.89. The summed E-state index contributed by atoms with van der Waals surface area (Å²) in [5.74, 6) is -0.537. The lowest BCUT2D eigenvalue weighted by atomic mass is 10.2. The van der Waals surface area contributed by atoms with Gasteiger partial charge in [0.2, 0.25) is 0 Å². The molecule has 0 radical (unpaired) electrons. The van der Waals surface area contributed by atoms with Crippen molar-refractivity contribution in [1.29, 1.82) is 0 Å². The van der Waals surface area contributed by atoms with E-state index in [0.717, 1.165) is 12.1 Å². The molecular formula is C15H21NO4. The average Bonchev–Trinajstić information content (AvgIpc) is 2.46. The van der Waals surface area contributed by atoms with Crippen molar-refractivity contribution in [3.05, 3.63) is 29.8 Å². The first-order valence-corrected chi connectivity index (χ1v) is 6.84. The monoisotopic (exact) mass is 279 g/mol. The second-order valence-corrected chi connectivity index (χ2v) is 4.20. The van der Waals surface area contributed by atoms with E-state index in [0.29, 0.717) is 31.7 Å². The Hall–Kier alpha value is -2.04. The lowest BCUT2D eigenvalue weighted by molar-refractivity contribution is -0.142. The first-order valence-electron chi connectivity index (χ1n) is 6.84. The first-order chi connectivity index (χ1) is 9.67. The molecule has 5 heteroatoms. The van der Waals surface area contributed by atoms with Crippen LogP contribution in [-0.4, -0.2) is 31.7 Å². The lowest BCUT2D eigenvalue weighted by Gasteiger charge is -2.07. The zero-order valence-corrected chi connectivity index (χ0v) is 12.0. The van der Waals surface area contributed by atoms with Gasteiger partial charge in [-0.2, -0.15) is 0 Å². The number of hydrogen-bond acceptors (Lipinski definition) is 5. The van der Waals surface area contributed by atoms with E-state index in [2.05, 4.69) is 5.32 Å². The Balaban J connectivity index is 2.38. The quantitative estimate of drug-likeness (QED) is 0.741. The van der Waals surface area contributed by atoms with Gasteiger partial charge in [0.15, 0.2) is 0 Å². The third-order valence-corrected chi connectivity index (χ3v) is 2.52. The highest BCUT2D eigenvalue weighted by Crippen LogP contribution is 2.10. The van der Waals surface area contributed by atoms with Crippen LogP contribution in [0.1, 0.15) is 37.0 Å². The predicted octanol–water partition coefficient (Wildman–Crippen LogP) is 2.62. The fraction of sp³-hybridized carbons (Fsp3) is 0.467. The summed E-state index contributed by atoms with van der Waals surface area (Å²) in [5, 5.41) is 3.09. The van der Waals surface area contributed by atoms with Crippen molar-refractivity contribution in [1.82, 2.24) is 0 Å². The first kappa shape index (κ1) is 16.0. The summed E-state index contributed by atoms with van der Waals surface area (Å²) in [6.07, 6.45) is 1.12. The molecule has 0 amide bonds. The van der Waals surface area contributed by atoms with Crippen LogP contribution < -0.4 is 5.32 Å². The molecule has 1 aromatic rings. The van der Waals surface area contributed by atoms with E-state index in [4.69, 9.17) is 9.47 Å². The Bertz CT molecular complexity index is 428. The maximum absolute atomic E-state index is 11.6. The molecule has 1 N–H and O–H groups in total. The summed E-state index contributed by atoms with van der Waals surface area (Å²) in [5.41, 5.74) is 1.37. The zero-order chi connectivity index (χ0) is 14.8. The molecule has 1 rings (SSSR count). The van der Waals surface area contributed by atoms with Crippen LogP contribution in [0.3, 0.4) is 0 Å². The van der Waals surface area contributed by atoms with Crippen LogP contribution in [0.4, 0.5) is 5.69 Å². The molecule has 20 heavy (non-hydrogen) atoms. The second kappa shape index (κ2) is 8.96. The third-order valence-electron chi connectivity index (χ3n) is 2.52. The molecule has 0 aliphatic rings. The lowest BCUT2D eigenvalue weighted by Crippen LogP contribution is -2.11. The van der Waals surface area contributed by atoms with Crippen molar-refractivity contribution >= 4 is 17.6 Å². The summed E-state index contributed by atoms with van der Waals surface area (Å²) >= 11 is 0. The zero-order valence-electron chi connectivity index (χ0n) is 12.0. The van der Waals surface area contributed by atoms with Gasteiger partial charge in [0.25, 0.3) is 0 Å². The van der Waals surface area contributed by atoms with Crippen molar-refractivity contribution < 1.29 is 19.1 Å². The van der Waals surface area contributed by atoms with Gasteiger partial charge in [0.05, 0.1) is 25.2 Å². The molecule has 110 valence electrons. The Kier molecular flexibility index (Phi) is 7.17. The molecule has 0 spiro atoms. The van der Waals surface area contributed by atoms with E-state index < -0.39 is 0 Å². The van der Waals surface area contributed by atoms with Gasteiger partial charge < -0.3 is 14.8 Å². The van der Waals surface area contributed by atoms with E-state index >= 15 is 0 Å². The number of benzene rings is 1. The van der Waals surface area contributed by atoms with Gasteiger partial charge in [-0.05, 0) is 37.6 Å². The SMILES string of the molecule is CCCOC(=O)c1ccc(NCCC(=O)OCC)cc1. The van der Waals surface area contributed by atoms with Crippen molar-refractivity contribution in [2.75, 3.05) is 25.1 Å². The van der Waals surface area contributed by atoms with Gasteiger partial charge in [-0.15, -0.1) is 0 Å². The minimum atomic E-state index is -0.315. The van der Waals surface area contributed by atoms with E-state index in [1.165, 1.54) is 0 Å². The normalized spacial score (nSPS) is 9.90. The topological polar surface area (TPSA) is 64.6 Å². The number of carbonyl (C=O) groups excluding carboxylic acids is 2. The van der Waals surface area contributed by atoms with Gasteiger partial charge in [0.1, 0.15) is 0 Å². The minimum Gasteiger partial charge on any atom is -0.466 e. The van der Waals surface area contributed by atoms with Crippen LogP contribution in [0.15, 0.2) is 24.3 Å². The van der Waals surface area contributed by atoms with Gasteiger partial charge in [-0.1, -0.05) is 6.92 Å². The van der Waals surface area contributed by atoms with Crippen LogP contribution >= 0.6 is 0 Å². The smallest absolute Gasteiger partial charge is 0.338 e. The van der Waals surface area contributed by atoms with Crippen LogP contribution in [0.25, 0.3) is 0 Å². The molecule has 0 bridgehead atoms. The number of carbonyl (C=O) groups is 2. The Morgan fingerprint density at radius 1 is 1.10 bits per heavy atom. The molecule has 1 aromatic carbocycles. The van der Waals surface area contributed by atoms with Gasteiger partial charge >= 0.3 is 11.9 Å². The molecule has 5 nitrogen and oxygen atoms in total. The largest absolute Gasteiger partial charge is 0.466 e. The molecule has 0 aliphatic carbocycles. The minimum absolute atomic E-state index is 0.222. The van der Waals surface area contributed by atoms with Crippen molar-refractivity contribution in [2.45, 2.75) is 26.7 Å². The fourth-order valence-corrected chi connectivity index (χ4v) is 1.54. The summed E-state index contributed by atoms with van der Waals surface area (Å²) in [6.45, 7) is 5.05. The maximum atomic E-state index is 11.6. The van der Waals surface area contributed by atoms with E-state index in [9.17, 15) is 9.59 Å². The average molecular weight is 279 g/mol. The molecule has 0 fully saturated rings. The van der Waals surface area contributed by atoms with E-state index in [-0.39, 0.29) is 11.9 Å². The molecular weight excluding hydrogens is 258 g/mol. The predicted molar refractivity (Wildman–Crippen MR) is 76.8 cm³/mol. The Morgan fingerprint density at radius 3 is 2.40 bits per heavy atom. The standard InChI is InChI=1S/C15H21NO4/c1-3-11-20-15(18)12-5-7-13(8-6-12)16-10-9-14(17)19-4-2/h5-8,16H,3-4,9-11H2,1-2H3. The number of hydrogen-bond donors (Lipinski definition) is 1. The van der Waals surface area contributed by atoms with Gasteiger partial charge in [0, 0.05) is 12.2 Å². The second-order valence-electron chi connectivity index (χ2n) is 4.20. The Morgan fingerprint density at radius 2 is 1.80 bits per heavy atom. The summed E-state index contributed by atoms with van der Waals surface area (Å²) in [4.78, 5) is 22.7. The summed E-state index contributed by atoms with van der Waals surface area (Å²) < 4.78 is 9.86. The summed E-state index contributed by atoms with van der Waals surface area (Å²) in [6, 6.07) is 6.97. The highest BCUT2D eigenvalue weighted by Gasteiger charge is 2.06. The highest BCUT2D eigenvalue weighted by atomic mass is 16.5. The fourth-order valence-electron chi connectivity index (χ4n) is 1.54. The van der Waals surface area contributed by atoms with Crippen LogP contribution in [-0.2, 0) is 14.3 Å². The number of rotatable bonds is 8. The number of anilines is 1. The molecule has 0 saturated carbocycles. The van der Waals surface area contributed by atoms with Crippen LogP contribution in [0.5, 0.6) is 0 Å². The number of ether oxygens (including phenoxy) is 2. The van der Waals surface area contributed by atoms with Crippen LogP contribution in [0.2, 0.25) is 0 Å². The molecule has 0 saturated heterocycles. The van der Waals surface area contributed by atoms with Crippen molar-refractivity contribution in [3.8, 4) is 0 Å². The van der Waals surface area contributed by atoms with Crippen molar-refractivity contribution in [3.63, 3.8) is 0 Å². The van der Waals surface area contributed by atoms with Gasteiger partial charge in [-0.3, -0.25) is 4.79 Å². The Labute approximate surface area is 119 Å². The number of nitrogens with one attached hydrogen (secondary N) is 1. The summed E-state index contributed by atoms with van der Waals surface area (Å²) in [7, 11) is 0. The molecule has 0 atom stereocenters. The molecule has 0 heterocycles. The van der Waals surface area contributed by atoms with E-state index in [1.807, 2.05) is 6.92 Å². The maximum Gasteiger partial charge on any atom is 0.338 e. The molecule has 0 aromatic heterocycles.